The summed E-state index contributed by atoms with van der Waals surface area (Å²) in [7, 11) is -0.227. The molecule has 0 unspecified atom stereocenters. The van der Waals surface area contributed by atoms with Crippen molar-refractivity contribution in [2.75, 3.05) is 34.0 Å². The van der Waals surface area contributed by atoms with Gasteiger partial charge in [-0.25, -0.2) is 0 Å². The zero-order valence-electron chi connectivity index (χ0n) is 65.9. The third kappa shape index (κ3) is 20.4. The van der Waals surface area contributed by atoms with Gasteiger partial charge in [-0.05, 0) is 11.1 Å². The Labute approximate surface area is 678 Å². The summed E-state index contributed by atoms with van der Waals surface area (Å²) in [4.78, 5) is 0. The summed E-state index contributed by atoms with van der Waals surface area (Å²) < 4.78 is 128. The standard InChI is InChI=1S/C95H106O17SeSi/c1-93(2,3)114(76-54-34-16-35-55-76,77-56-36-17-37-57-77)105-67-80-83-86(112-95(5,97-7)94(4,96-6)111-83)88(109-90-87(104-64-74-50-30-14-31-51-74)84(102-62-72-46-26-12-27-47-72)81(100-60-70-42-22-10-23-43-70)78(106-90)65-98-58-68-38-18-8-19-39-68)91(107-80)110-89-85(103-63-73-48-28-13-29-49-73)82(101-61-71-44-24-11-25-45-71)79(66-99-59-69-40-20-9-21-41-69)108-92(89)113-75-52-32-15-33-53-75/h8-57,78-92H,58-67H2,1-7H3/t78-,79-,80-,81-,82-,83-,84+,85+,86+,87+,88+,89+,90-,91-,92-,94+,95+/m1/s1. The van der Waals surface area contributed by atoms with Crippen LogP contribution >= 0.6 is 0 Å². The topological polar surface area (TPSA) is 157 Å². The van der Waals surface area contributed by atoms with Gasteiger partial charge in [0.2, 0.25) is 0 Å². The van der Waals surface area contributed by atoms with Crippen molar-refractivity contribution >= 4 is 38.1 Å². The Balaban J connectivity index is 0.947. The third-order valence-electron chi connectivity index (χ3n) is 21.8. The number of hydrogen-bond acceptors (Lipinski definition) is 17. The van der Waals surface area contributed by atoms with Gasteiger partial charge in [0, 0.05) is 0 Å². The average Bonchev–Trinajstić information content (AvgIpc) is 0.715. The minimum atomic E-state index is -3.39. The van der Waals surface area contributed by atoms with Gasteiger partial charge in [-0.3, -0.25) is 0 Å². The number of rotatable bonds is 36. The van der Waals surface area contributed by atoms with E-state index in [1.54, 1.807) is 14.2 Å². The molecule has 0 aliphatic carbocycles. The number of methoxy groups -OCH3 is 2. The normalized spacial score (nSPS) is 27.2. The molecule has 4 aliphatic rings. The Morgan fingerprint density at radius 1 is 0.325 bits per heavy atom. The Kier molecular flexibility index (Phi) is 29.0. The molecule has 114 heavy (non-hydrogen) atoms. The molecule has 17 atom stereocenters. The van der Waals surface area contributed by atoms with E-state index in [0.717, 1.165) is 53.8 Å². The Hall–Kier alpha value is -7.74. The van der Waals surface area contributed by atoms with Gasteiger partial charge in [-0.15, -0.1) is 0 Å². The molecule has 10 aromatic carbocycles. The van der Waals surface area contributed by atoms with Crippen LogP contribution in [0.1, 0.15) is 73.6 Å². The fourth-order valence-electron chi connectivity index (χ4n) is 15.6. The van der Waals surface area contributed by atoms with Crippen molar-refractivity contribution < 1.29 is 80.2 Å². The van der Waals surface area contributed by atoms with Crippen molar-refractivity contribution in [2.24, 2.45) is 0 Å². The SMILES string of the molecule is CO[C@@]1(C)O[C@@H]2[C@H](O[C@H]3O[C@H](COCc4ccccc4)[C@@H](OCc4ccccc4)[C@H](OCc4ccccc4)[C@@H]3OCc3ccccc3)[C@@H](O[C@H]3[C@@H](OCc4ccccc4)[C@H](OCc4ccccc4)[C@@H](COCc4ccccc4)O[C@@H]3[Se]c3ccccc3)O[C@H](CO[Si](c3ccccc3)(c3ccccc3)C(C)(C)C)[C@H]2O[C@]1(C)OC. The first kappa shape index (κ1) is 82.8. The molecule has 19 heteroatoms. The molecule has 0 amide bonds. The van der Waals surface area contributed by atoms with Gasteiger partial charge in [0.25, 0.3) is 0 Å². The van der Waals surface area contributed by atoms with Crippen LogP contribution in [0.5, 0.6) is 0 Å². The molecule has 17 nitrogen and oxygen atoms in total. The van der Waals surface area contributed by atoms with E-state index in [-0.39, 0.29) is 59.5 Å². The zero-order chi connectivity index (χ0) is 78.6. The van der Waals surface area contributed by atoms with Crippen LogP contribution in [0, 0.1) is 0 Å². The van der Waals surface area contributed by atoms with Crippen molar-refractivity contribution in [1.82, 2.24) is 0 Å². The Morgan fingerprint density at radius 3 is 1.02 bits per heavy atom. The van der Waals surface area contributed by atoms with Crippen LogP contribution in [0.15, 0.2) is 303 Å². The summed E-state index contributed by atoms with van der Waals surface area (Å²) in [5, 5.41) is 0.950. The molecule has 0 bridgehead atoms. The second-order valence-electron chi connectivity index (χ2n) is 30.5. The van der Waals surface area contributed by atoms with Gasteiger partial charge in [0.1, 0.15) is 0 Å². The van der Waals surface area contributed by atoms with Gasteiger partial charge >= 0.3 is 550 Å². The van der Waals surface area contributed by atoms with Crippen molar-refractivity contribution in [3.63, 3.8) is 0 Å². The second kappa shape index (κ2) is 39.9. The number of hydrogen-bond donors (Lipinski definition) is 0. The summed E-state index contributed by atoms with van der Waals surface area (Å²) in [5.41, 5.74) is 6.66. The summed E-state index contributed by atoms with van der Waals surface area (Å²) in [6.45, 7) is 12.0. The van der Waals surface area contributed by atoms with Crippen molar-refractivity contribution in [2.45, 2.75) is 188 Å². The van der Waals surface area contributed by atoms with E-state index in [9.17, 15) is 0 Å². The summed E-state index contributed by atoms with van der Waals surface area (Å²) in [5.74, 6) is -3.23. The first-order valence-electron chi connectivity index (χ1n) is 39.5. The second-order valence-corrected chi connectivity index (χ2v) is 37.3. The molecule has 598 valence electrons. The fourth-order valence-corrected chi connectivity index (χ4v) is 22.5. The number of ether oxygens (including phenoxy) is 16. The molecule has 0 spiro atoms. The molecule has 4 fully saturated rings. The zero-order valence-corrected chi connectivity index (χ0v) is 68.7. The quantitative estimate of drug-likeness (QED) is 0.0341. The van der Waals surface area contributed by atoms with Crippen molar-refractivity contribution in [1.29, 1.82) is 0 Å². The molecule has 10 aromatic rings. The molecule has 14 rings (SSSR count). The van der Waals surface area contributed by atoms with Crippen LogP contribution in [0.3, 0.4) is 0 Å². The van der Waals surface area contributed by atoms with Crippen LogP contribution in [0.2, 0.25) is 5.04 Å². The van der Waals surface area contributed by atoms with Crippen LogP contribution in [0.25, 0.3) is 0 Å². The molecule has 0 N–H and O–H groups in total. The van der Waals surface area contributed by atoms with Crippen molar-refractivity contribution in [3.8, 4) is 0 Å². The Bertz CT molecular complexity index is 4390. The first-order chi connectivity index (χ1) is 55.8. The van der Waals surface area contributed by atoms with Crippen LogP contribution in [-0.4, -0.2) is 160 Å². The van der Waals surface area contributed by atoms with E-state index in [2.05, 4.69) is 118 Å². The average molecular weight is 1630 g/mol. The fraction of sp³-hybridized carbons (Fsp3) is 0.368. The van der Waals surface area contributed by atoms with E-state index in [1.165, 1.54) is 0 Å². The molecule has 4 aliphatic heterocycles. The maximum absolute atomic E-state index is 8.22. The molecule has 0 saturated carbocycles. The predicted molar refractivity (Wildman–Crippen MR) is 439 cm³/mol. The Morgan fingerprint density at radius 2 is 0.632 bits per heavy atom. The summed E-state index contributed by atoms with van der Waals surface area (Å²) >= 11 is -0.505. The molecular weight excluding hydrogens is 1520 g/mol. The molecule has 0 radical (unpaired) electrons. The predicted octanol–water partition coefficient (Wildman–Crippen LogP) is 14.4. The van der Waals surface area contributed by atoms with Gasteiger partial charge in [0.05, 0.1) is 0 Å². The van der Waals surface area contributed by atoms with E-state index >= 15 is 0 Å². The van der Waals surface area contributed by atoms with Crippen LogP contribution in [0.4, 0.5) is 0 Å². The van der Waals surface area contributed by atoms with Gasteiger partial charge in [0.15, 0.2) is 0 Å². The van der Waals surface area contributed by atoms with E-state index in [4.69, 9.17) is 80.2 Å². The van der Waals surface area contributed by atoms with Gasteiger partial charge < -0.3 is 0 Å². The minimum absolute atomic E-state index is 0.0383. The van der Waals surface area contributed by atoms with E-state index in [0.29, 0.717) is 6.61 Å². The number of benzene rings is 10. The first-order valence-corrected chi connectivity index (χ1v) is 43.2. The van der Waals surface area contributed by atoms with Gasteiger partial charge in [-0.2, -0.15) is 0 Å². The molecular formula is C95H106O17SeSi. The summed E-state index contributed by atoms with van der Waals surface area (Å²) in [6.07, 6.45) is -14.5. The van der Waals surface area contributed by atoms with Crippen molar-refractivity contribution in [3.05, 3.63) is 342 Å². The van der Waals surface area contributed by atoms with Crippen LogP contribution in [-0.2, 0) is 126 Å². The third-order valence-corrected chi connectivity index (χ3v) is 29.2. The maximum atomic E-state index is 8.22. The molecule has 4 saturated heterocycles. The molecule has 4 heterocycles. The van der Waals surface area contributed by atoms with Gasteiger partial charge in [-0.1, -0.05) is 121 Å². The van der Waals surface area contributed by atoms with E-state index in [1.807, 2.05) is 220 Å². The summed E-state index contributed by atoms with van der Waals surface area (Å²) in [6, 6.07) is 102. The molecule has 0 aromatic heterocycles. The monoisotopic (exact) mass is 1630 g/mol. The number of fused-ring (bicyclic) bond motifs is 1. The van der Waals surface area contributed by atoms with E-state index < -0.39 is 131 Å². The van der Waals surface area contributed by atoms with Crippen LogP contribution < -0.4 is 14.8 Å².